The van der Waals surface area contributed by atoms with E-state index in [4.69, 9.17) is 11.6 Å². The Morgan fingerprint density at radius 2 is 2.11 bits per heavy atom. The van der Waals surface area contributed by atoms with Gasteiger partial charge in [0.25, 0.3) is 0 Å². The van der Waals surface area contributed by atoms with Gasteiger partial charge in [-0.2, -0.15) is 13.2 Å². The fraction of sp³-hybridized carbons (Fsp3) is 0.455. The number of hydrogen-bond donors (Lipinski definition) is 0. The Hall–Kier alpha value is -0.950. The number of halogens is 4. The SMILES string of the molecule is CCC(C)Sc1nnc2c(Cl)cc(C(F)(F)F)cn12. The van der Waals surface area contributed by atoms with Gasteiger partial charge in [-0.3, -0.25) is 4.40 Å². The predicted octanol–water partition coefficient (Wildman–Crippen LogP) is 4.29. The van der Waals surface area contributed by atoms with Gasteiger partial charge in [0.2, 0.25) is 0 Å². The van der Waals surface area contributed by atoms with Crippen LogP contribution >= 0.6 is 23.4 Å². The molecule has 0 fully saturated rings. The first kappa shape index (κ1) is 14.5. The largest absolute Gasteiger partial charge is 0.417 e. The van der Waals surface area contributed by atoms with E-state index in [0.717, 1.165) is 18.7 Å². The molecule has 8 heteroatoms. The zero-order chi connectivity index (χ0) is 14.2. The van der Waals surface area contributed by atoms with E-state index in [1.807, 2.05) is 13.8 Å². The van der Waals surface area contributed by atoms with E-state index < -0.39 is 11.7 Å². The van der Waals surface area contributed by atoms with Crippen LogP contribution in [0.3, 0.4) is 0 Å². The summed E-state index contributed by atoms with van der Waals surface area (Å²) in [6.45, 7) is 3.97. The summed E-state index contributed by atoms with van der Waals surface area (Å²) in [6.07, 6.45) is -2.58. The van der Waals surface area contributed by atoms with Crippen LogP contribution < -0.4 is 0 Å². The lowest BCUT2D eigenvalue weighted by atomic mass is 10.3. The fourth-order valence-electron chi connectivity index (χ4n) is 1.43. The number of thioether (sulfide) groups is 1. The molecule has 0 aliphatic rings. The summed E-state index contributed by atoms with van der Waals surface area (Å²) in [5, 5.41) is 8.31. The highest BCUT2D eigenvalue weighted by Gasteiger charge is 2.32. The average Bonchev–Trinajstić information content (AvgIpc) is 2.72. The number of rotatable bonds is 3. The number of fused-ring (bicyclic) bond motifs is 1. The van der Waals surface area contributed by atoms with Crippen LogP contribution in [0.4, 0.5) is 13.2 Å². The maximum absolute atomic E-state index is 12.7. The van der Waals surface area contributed by atoms with E-state index in [1.165, 1.54) is 16.2 Å². The monoisotopic (exact) mass is 309 g/mol. The van der Waals surface area contributed by atoms with Crippen LogP contribution in [-0.2, 0) is 6.18 Å². The summed E-state index contributed by atoms with van der Waals surface area (Å²) in [7, 11) is 0. The first-order valence-corrected chi connectivity index (χ1v) is 6.86. The molecule has 0 radical (unpaired) electrons. The van der Waals surface area contributed by atoms with Gasteiger partial charge in [0.15, 0.2) is 10.8 Å². The summed E-state index contributed by atoms with van der Waals surface area (Å²) >= 11 is 7.19. The number of pyridine rings is 1. The second kappa shape index (κ2) is 5.20. The zero-order valence-electron chi connectivity index (χ0n) is 10.2. The molecule has 0 aliphatic carbocycles. The lowest BCUT2D eigenvalue weighted by Gasteiger charge is -2.10. The number of alkyl halides is 3. The first-order chi connectivity index (χ1) is 8.82. The molecule has 104 valence electrons. The Labute approximate surface area is 117 Å². The van der Waals surface area contributed by atoms with Crippen LogP contribution in [0, 0.1) is 0 Å². The lowest BCUT2D eigenvalue weighted by Crippen LogP contribution is -2.07. The Morgan fingerprint density at radius 3 is 2.68 bits per heavy atom. The molecule has 0 spiro atoms. The highest BCUT2D eigenvalue weighted by molar-refractivity contribution is 7.99. The minimum atomic E-state index is -4.44. The number of aromatic nitrogens is 3. The molecule has 1 unspecified atom stereocenters. The Balaban J connectivity index is 2.54. The van der Waals surface area contributed by atoms with Crippen LogP contribution in [0.15, 0.2) is 17.4 Å². The minimum Gasteiger partial charge on any atom is -0.276 e. The van der Waals surface area contributed by atoms with Crippen molar-refractivity contribution in [1.82, 2.24) is 14.6 Å². The summed E-state index contributed by atoms with van der Waals surface area (Å²) in [4.78, 5) is 0. The van der Waals surface area contributed by atoms with Crippen LogP contribution in [0.2, 0.25) is 5.02 Å². The van der Waals surface area contributed by atoms with E-state index in [1.54, 1.807) is 0 Å². The highest BCUT2D eigenvalue weighted by Crippen LogP contribution is 2.33. The smallest absolute Gasteiger partial charge is 0.276 e. The Bertz CT molecular complexity index is 597. The molecular weight excluding hydrogens is 299 g/mol. The third kappa shape index (κ3) is 2.97. The molecule has 0 saturated heterocycles. The van der Waals surface area contributed by atoms with Crippen molar-refractivity contribution in [3.05, 3.63) is 22.8 Å². The zero-order valence-corrected chi connectivity index (χ0v) is 11.8. The van der Waals surface area contributed by atoms with Gasteiger partial charge in [-0.05, 0) is 12.5 Å². The van der Waals surface area contributed by atoms with Crippen molar-refractivity contribution in [2.45, 2.75) is 36.9 Å². The van der Waals surface area contributed by atoms with Gasteiger partial charge in [0, 0.05) is 11.4 Å². The molecular formula is C11H11ClF3N3S. The van der Waals surface area contributed by atoms with E-state index in [9.17, 15) is 13.2 Å². The Kier molecular flexibility index (Phi) is 3.96. The van der Waals surface area contributed by atoms with Gasteiger partial charge in [0.05, 0.1) is 10.6 Å². The highest BCUT2D eigenvalue weighted by atomic mass is 35.5. The van der Waals surface area contributed by atoms with Gasteiger partial charge in [-0.1, -0.05) is 37.2 Å². The first-order valence-electron chi connectivity index (χ1n) is 5.61. The van der Waals surface area contributed by atoms with E-state index in [0.29, 0.717) is 5.16 Å². The van der Waals surface area contributed by atoms with Crippen LogP contribution in [0.5, 0.6) is 0 Å². The van der Waals surface area contributed by atoms with Gasteiger partial charge in [0.1, 0.15) is 0 Å². The third-order valence-corrected chi connectivity index (χ3v) is 4.14. The standard InChI is InChI=1S/C11H11ClF3N3S/c1-3-6(2)19-10-17-16-9-8(12)4-7(5-18(9)10)11(13,14)15/h4-6H,3H2,1-2H3. The molecule has 0 aromatic carbocycles. The summed E-state index contributed by atoms with van der Waals surface area (Å²) in [6, 6.07) is 0.864. The van der Waals surface area contributed by atoms with E-state index >= 15 is 0 Å². The second-order valence-electron chi connectivity index (χ2n) is 4.09. The van der Waals surface area contributed by atoms with E-state index in [-0.39, 0.29) is 15.9 Å². The van der Waals surface area contributed by atoms with Gasteiger partial charge in [-0.25, -0.2) is 0 Å². The van der Waals surface area contributed by atoms with Gasteiger partial charge < -0.3 is 0 Å². The maximum Gasteiger partial charge on any atom is 0.417 e. The van der Waals surface area contributed by atoms with Crippen molar-refractivity contribution in [2.24, 2.45) is 0 Å². The number of hydrogen-bond acceptors (Lipinski definition) is 3. The molecule has 2 aromatic heterocycles. The molecule has 2 rings (SSSR count). The normalized spacial score (nSPS) is 14.0. The van der Waals surface area contributed by atoms with Crippen molar-refractivity contribution in [3.63, 3.8) is 0 Å². The van der Waals surface area contributed by atoms with Gasteiger partial charge >= 0.3 is 6.18 Å². The topological polar surface area (TPSA) is 30.2 Å². The lowest BCUT2D eigenvalue weighted by molar-refractivity contribution is -0.137. The Morgan fingerprint density at radius 1 is 1.42 bits per heavy atom. The molecule has 1 atom stereocenters. The fourth-order valence-corrected chi connectivity index (χ4v) is 2.55. The molecule has 0 N–H and O–H groups in total. The second-order valence-corrected chi connectivity index (χ2v) is 5.90. The molecule has 3 nitrogen and oxygen atoms in total. The van der Waals surface area contributed by atoms with Crippen molar-refractivity contribution in [2.75, 3.05) is 0 Å². The minimum absolute atomic E-state index is 0.0571. The molecule has 0 saturated carbocycles. The number of nitrogens with zero attached hydrogens (tertiary/aromatic N) is 3. The average molecular weight is 310 g/mol. The molecule has 0 amide bonds. The predicted molar refractivity (Wildman–Crippen MR) is 68.6 cm³/mol. The van der Waals surface area contributed by atoms with Crippen LogP contribution in [0.25, 0.3) is 5.65 Å². The van der Waals surface area contributed by atoms with Crippen molar-refractivity contribution in [3.8, 4) is 0 Å². The summed E-state index contributed by atoms with van der Waals surface area (Å²) in [5.41, 5.74) is -0.573. The molecule has 2 aromatic rings. The molecule has 0 bridgehead atoms. The van der Waals surface area contributed by atoms with Gasteiger partial charge in [-0.15, -0.1) is 10.2 Å². The van der Waals surface area contributed by atoms with Crippen molar-refractivity contribution in [1.29, 1.82) is 0 Å². The molecule has 0 aliphatic heterocycles. The van der Waals surface area contributed by atoms with Crippen molar-refractivity contribution >= 4 is 29.0 Å². The maximum atomic E-state index is 12.7. The van der Waals surface area contributed by atoms with Crippen LogP contribution in [-0.4, -0.2) is 19.8 Å². The van der Waals surface area contributed by atoms with Crippen LogP contribution in [0.1, 0.15) is 25.8 Å². The summed E-state index contributed by atoms with van der Waals surface area (Å²) < 4.78 is 39.5. The molecule has 2 heterocycles. The quantitative estimate of drug-likeness (QED) is 0.792. The van der Waals surface area contributed by atoms with E-state index in [2.05, 4.69) is 10.2 Å². The third-order valence-electron chi connectivity index (χ3n) is 2.64. The molecule has 19 heavy (non-hydrogen) atoms. The summed E-state index contributed by atoms with van der Waals surface area (Å²) in [5.74, 6) is 0. The van der Waals surface area contributed by atoms with Crippen molar-refractivity contribution < 1.29 is 13.2 Å².